The number of aromatic nitrogens is 5. The van der Waals surface area contributed by atoms with Crippen molar-refractivity contribution >= 4 is 22.6 Å². The van der Waals surface area contributed by atoms with Crippen LogP contribution in [0.25, 0.3) is 22.3 Å². The van der Waals surface area contributed by atoms with Crippen LogP contribution in [0.3, 0.4) is 0 Å². The zero-order valence-electron chi connectivity index (χ0n) is 17.5. The molecule has 0 unspecified atom stereocenters. The summed E-state index contributed by atoms with van der Waals surface area (Å²) in [6, 6.07) is 26.0. The van der Waals surface area contributed by atoms with E-state index in [2.05, 4.69) is 27.4 Å². The van der Waals surface area contributed by atoms with Crippen LogP contribution in [0.4, 0.5) is 0 Å². The molecule has 5 aromatic rings. The lowest BCUT2D eigenvalue weighted by Gasteiger charge is -2.03. The molecule has 2 heterocycles. The third-order valence-electron chi connectivity index (χ3n) is 5.28. The number of imidazole rings is 1. The van der Waals surface area contributed by atoms with Gasteiger partial charge in [-0.25, -0.2) is 4.98 Å². The Morgan fingerprint density at radius 3 is 2.47 bits per heavy atom. The zero-order chi connectivity index (χ0) is 21.8. The highest BCUT2D eigenvalue weighted by Gasteiger charge is 2.13. The smallest absolute Gasteiger partial charge is 0.117 e. The van der Waals surface area contributed by atoms with Gasteiger partial charge in [-0.05, 0) is 29.8 Å². The largest absolute Gasteiger partial charge is 0.342 e. The van der Waals surface area contributed by atoms with Gasteiger partial charge in [0.05, 0.1) is 17.6 Å². The Hall–Kier alpha value is -3.48. The molecule has 0 aliphatic carbocycles. The Bertz CT molecular complexity index is 1270. The first-order chi connectivity index (χ1) is 15.7. The van der Waals surface area contributed by atoms with Crippen LogP contribution in [0.1, 0.15) is 17.1 Å². The number of hydrogen-bond donors (Lipinski definition) is 2. The highest BCUT2D eigenvalue weighted by atomic mass is 35.5. The number of rotatable bonds is 8. The molecule has 2 N–H and O–H groups in total. The van der Waals surface area contributed by atoms with Gasteiger partial charge in [-0.1, -0.05) is 66.2 Å². The maximum atomic E-state index is 6.01. The second kappa shape index (κ2) is 9.34. The minimum atomic E-state index is 0.593. The average Bonchev–Trinajstić information content (AvgIpc) is 3.42. The fraction of sp³-hybridized carbons (Fsp3) is 0.160. The Morgan fingerprint density at radius 2 is 1.66 bits per heavy atom. The van der Waals surface area contributed by atoms with E-state index in [0.717, 1.165) is 57.4 Å². The van der Waals surface area contributed by atoms with Gasteiger partial charge in [-0.2, -0.15) is 15.0 Å². The second-order valence-electron chi connectivity index (χ2n) is 7.65. The van der Waals surface area contributed by atoms with E-state index in [0.29, 0.717) is 13.1 Å². The monoisotopic (exact) mass is 442 g/mol. The maximum absolute atomic E-state index is 6.01. The molecule has 0 atom stereocenters. The van der Waals surface area contributed by atoms with Crippen molar-refractivity contribution in [1.29, 1.82) is 0 Å². The highest BCUT2D eigenvalue weighted by molar-refractivity contribution is 6.30. The molecule has 0 fully saturated rings. The lowest BCUT2D eigenvalue weighted by atomic mass is 10.1. The van der Waals surface area contributed by atoms with E-state index >= 15 is 0 Å². The molecular formula is C25H23ClN6. The third kappa shape index (κ3) is 4.72. The Kier molecular flexibility index (Phi) is 5.96. The fourth-order valence-electron chi connectivity index (χ4n) is 3.68. The summed E-state index contributed by atoms with van der Waals surface area (Å²) >= 11 is 6.01. The number of H-pyrrole nitrogens is 1. The Morgan fingerprint density at radius 1 is 0.875 bits per heavy atom. The summed E-state index contributed by atoms with van der Waals surface area (Å²) < 4.78 is 0. The van der Waals surface area contributed by atoms with Crippen LogP contribution in [0.2, 0.25) is 5.02 Å². The van der Waals surface area contributed by atoms with Crippen molar-refractivity contribution in [3.05, 3.63) is 101 Å². The van der Waals surface area contributed by atoms with Crippen molar-refractivity contribution in [2.45, 2.75) is 19.5 Å². The Balaban J connectivity index is 1.28. The average molecular weight is 443 g/mol. The van der Waals surface area contributed by atoms with Crippen molar-refractivity contribution in [3.63, 3.8) is 0 Å². The van der Waals surface area contributed by atoms with Crippen LogP contribution < -0.4 is 5.32 Å². The summed E-state index contributed by atoms with van der Waals surface area (Å²) in [6.07, 6.45) is 0.814. The molecule has 0 aliphatic heterocycles. The Labute approximate surface area is 191 Å². The van der Waals surface area contributed by atoms with Gasteiger partial charge in [0, 0.05) is 30.1 Å². The molecule has 2 aromatic heterocycles. The van der Waals surface area contributed by atoms with E-state index in [1.54, 1.807) is 4.80 Å². The molecule has 3 aromatic carbocycles. The summed E-state index contributed by atoms with van der Waals surface area (Å²) in [5, 5.41) is 13.8. The number of benzene rings is 3. The zero-order valence-corrected chi connectivity index (χ0v) is 18.3. The van der Waals surface area contributed by atoms with Gasteiger partial charge in [-0.3, -0.25) is 0 Å². The molecule has 32 heavy (non-hydrogen) atoms. The number of aromatic amines is 1. The molecule has 160 valence electrons. The van der Waals surface area contributed by atoms with Crippen molar-refractivity contribution in [2.75, 3.05) is 6.54 Å². The molecule has 0 radical (unpaired) electrons. The van der Waals surface area contributed by atoms with Gasteiger partial charge in [0.25, 0.3) is 0 Å². The quantitative estimate of drug-likeness (QED) is 0.337. The lowest BCUT2D eigenvalue weighted by Crippen LogP contribution is -2.18. The van der Waals surface area contributed by atoms with Crippen LogP contribution in [0.15, 0.2) is 78.9 Å². The molecule has 6 nitrogen and oxygen atoms in total. The summed E-state index contributed by atoms with van der Waals surface area (Å²) in [5.74, 6) is 0.980. The number of fused-ring (bicyclic) bond motifs is 1. The van der Waals surface area contributed by atoms with E-state index in [9.17, 15) is 0 Å². The molecule has 5 rings (SSSR count). The topological polar surface area (TPSA) is 71.4 Å². The van der Waals surface area contributed by atoms with Gasteiger partial charge in [0.2, 0.25) is 0 Å². The minimum absolute atomic E-state index is 0.593. The van der Waals surface area contributed by atoms with Gasteiger partial charge in [0.15, 0.2) is 0 Å². The SMILES string of the molecule is Clc1ccc(Cn2nc(CNCCc3nc4ccccc4[nH]3)c(-c3ccccc3)n2)cc1. The lowest BCUT2D eigenvalue weighted by molar-refractivity contribution is 0.576. The maximum Gasteiger partial charge on any atom is 0.117 e. The summed E-state index contributed by atoms with van der Waals surface area (Å²) in [7, 11) is 0. The first kappa shape index (κ1) is 20.4. The van der Waals surface area contributed by atoms with Crippen molar-refractivity contribution in [2.24, 2.45) is 0 Å². The number of para-hydroxylation sites is 2. The first-order valence-corrected chi connectivity index (χ1v) is 11.0. The summed E-state index contributed by atoms with van der Waals surface area (Å²) in [4.78, 5) is 9.77. The molecule has 0 bridgehead atoms. The van der Waals surface area contributed by atoms with E-state index in [-0.39, 0.29) is 0 Å². The second-order valence-corrected chi connectivity index (χ2v) is 8.08. The molecule has 0 saturated carbocycles. The van der Waals surface area contributed by atoms with Gasteiger partial charge >= 0.3 is 0 Å². The van der Waals surface area contributed by atoms with E-state index in [1.807, 2.05) is 66.7 Å². The number of nitrogens with one attached hydrogen (secondary N) is 2. The van der Waals surface area contributed by atoms with Crippen molar-refractivity contribution in [3.8, 4) is 11.3 Å². The number of hydrogen-bond acceptors (Lipinski definition) is 4. The standard InChI is InChI=1S/C25H23ClN6/c26-20-12-10-18(11-13-20)17-32-30-23(25(31-32)19-6-2-1-3-7-19)16-27-15-14-24-28-21-8-4-5-9-22(21)29-24/h1-13,27H,14-17H2,(H,28,29). The molecule has 0 saturated heterocycles. The third-order valence-corrected chi connectivity index (χ3v) is 5.53. The molecule has 7 heteroatoms. The predicted molar refractivity (Wildman–Crippen MR) is 128 cm³/mol. The fourth-order valence-corrected chi connectivity index (χ4v) is 3.81. The van der Waals surface area contributed by atoms with Gasteiger partial charge in [0.1, 0.15) is 17.2 Å². The molecule has 0 amide bonds. The number of nitrogens with zero attached hydrogens (tertiary/aromatic N) is 4. The molecule has 0 aliphatic rings. The normalized spacial score (nSPS) is 11.3. The molecule has 0 spiro atoms. The van der Waals surface area contributed by atoms with E-state index < -0.39 is 0 Å². The summed E-state index contributed by atoms with van der Waals surface area (Å²) in [5.41, 5.74) is 6.06. The highest BCUT2D eigenvalue weighted by Crippen LogP contribution is 2.20. The predicted octanol–water partition coefficient (Wildman–Crippen LogP) is 4.86. The van der Waals surface area contributed by atoms with Gasteiger partial charge in [-0.15, -0.1) is 0 Å². The van der Waals surface area contributed by atoms with E-state index in [1.165, 1.54) is 0 Å². The van der Waals surface area contributed by atoms with Crippen LogP contribution in [-0.2, 0) is 19.5 Å². The number of halogens is 1. The minimum Gasteiger partial charge on any atom is -0.342 e. The summed E-state index contributed by atoms with van der Waals surface area (Å²) in [6.45, 7) is 2.01. The molecular weight excluding hydrogens is 420 g/mol. The van der Waals surface area contributed by atoms with E-state index in [4.69, 9.17) is 21.8 Å². The van der Waals surface area contributed by atoms with Gasteiger partial charge < -0.3 is 10.3 Å². The van der Waals surface area contributed by atoms with Crippen LogP contribution in [0.5, 0.6) is 0 Å². The van der Waals surface area contributed by atoms with Crippen LogP contribution in [-0.4, -0.2) is 31.5 Å². The van der Waals surface area contributed by atoms with Crippen LogP contribution in [0, 0.1) is 0 Å². The van der Waals surface area contributed by atoms with Crippen molar-refractivity contribution in [1.82, 2.24) is 30.3 Å². The first-order valence-electron chi connectivity index (χ1n) is 10.6. The van der Waals surface area contributed by atoms with Crippen LogP contribution >= 0.6 is 11.6 Å². The van der Waals surface area contributed by atoms with Crippen molar-refractivity contribution < 1.29 is 0 Å².